The molecule has 0 atom stereocenters. The third-order valence-corrected chi connectivity index (χ3v) is 6.56. The van der Waals surface area contributed by atoms with E-state index in [0.29, 0.717) is 30.5 Å². The second kappa shape index (κ2) is 10.4. The molecule has 1 fully saturated rings. The van der Waals surface area contributed by atoms with Crippen LogP contribution in [0.1, 0.15) is 36.5 Å². The Morgan fingerprint density at radius 1 is 1.25 bits per heavy atom. The average molecular weight is 458 g/mol. The van der Waals surface area contributed by atoms with Crippen LogP contribution in [0.3, 0.4) is 0 Å². The fourth-order valence-electron chi connectivity index (χ4n) is 3.92. The van der Waals surface area contributed by atoms with Gasteiger partial charge in [0, 0.05) is 32.7 Å². The molecule has 1 saturated heterocycles. The van der Waals surface area contributed by atoms with E-state index in [-0.39, 0.29) is 5.91 Å². The van der Waals surface area contributed by atoms with Gasteiger partial charge >= 0.3 is 0 Å². The highest BCUT2D eigenvalue weighted by atomic mass is 32.1. The van der Waals surface area contributed by atoms with Gasteiger partial charge < -0.3 is 9.47 Å². The first-order chi connectivity index (χ1) is 15.6. The van der Waals surface area contributed by atoms with Crippen LogP contribution >= 0.6 is 11.3 Å². The number of rotatable bonds is 9. The van der Waals surface area contributed by atoms with E-state index in [2.05, 4.69) is 10.00 Å². The number of hydrogen-bond acceptors (Lipinski definition) is 7. The molecule has 172 valence electrons. The first-order valence-corrected chi connectivity index (χ1v) is 12.1. The number of aryl methyl sites for hydroxylation is 2. The zero-order valence-electron chi connectivity index (χ0n) is 19.0. The van der Waals surface area contributed by atoms with E-state index in [1.807, 2.05) is 49.9 Å². The largest absolute Gasteiger partial charge is 0.494 e. The van der Waals surface area contributed by atoms with Crippen molar-refractivity contribution in [3.05, 3.63) is 35.7 Å². The van der Waals surface area contributed by atoms with Gasteiger partial charge in [-0.2, -0.15) is 5.10 Å². The number of aromatic nitrogens is 3. The molecule has 0 saturated carbocycles. The summed E-state index contributed by atoms with van der Waals surface area (Å²) in [4.78, 5) is 22.6. The van der Waals surface area contributed by atoms with Crippen LogP contribution in [0.4, 0.5) is 5.13 Å². The predicted octanol–water partition coefficient (Wildman–Crippen LogP) is 3.59. The number of carbonyl (C=O) groups is 1. The minimum absolute atomic E-state index is 0.0569. The van der Waals surface area contributed by atoms with Gasteiger partial charge in [-0.15, -0.1) is 0 Å². The highest BCUT2D eigenvalue weighted by Gasteiger charge is 2.25. The summed E-state index contributed by atoms with van der Waals surface area (Å²) >= 11 is 1.53. The van der Waals surface area contributed by atoms with Crippen LogP contribution in [0, 0.1) is 6.92 Å². The van der Waals surface area contributed by atoms with Crippen molar-refractivity contribution in [1.29, 1.82) is 0 Å². The maximum atomic E-state index is 13.6. The van der Waals surface area contributed by atoms with E-state index in [4.69, 9.17) is 14.5 Å². The van der Waals surface area contributed by atoms with Gasteiger partial charge in [0.1, 0.15) is 11.4 Å². The van der Waals surface area contributed by atoms with Crippen molar-refractivity contribution in [2.24, 2.45) is 0 Å². The molecule has 3 aromatic rings. The number of fused-ring (bicyclic) bond motifs is 1. The smallest absolute Gasteiger partial charge is 0.278 e. The Balaban J connectivity index is 1.60. The van der Waals surface area contributed by atoms with Crippen LogP contribution in [-0.4, -0.2) is 71.6 Å². The number of hydrogen-bond donors (Lipinski definition) is 0. The molecular formula is C23H31N5O3S. The van der Waals surface area contributed by atoms with Gasteiger partial charge in [0.15, 0.2) is 5.13 Å². The van der Waals surface area contributed by atoms with Gasteiger partial charge in [0.05, 0.1) is 35.7 Å². The van der Waals surface area contributed by atoms with Crippen molar-refractivity contribution in [3.63, 3.8) is 0 Å². The van der Waals surface area contributed by atoms with Crippen LogP contribution < -0.4 is 9.64 Å². The van der Waals surface area contributed by atoms with Crippen LogP contribution in [0.25, 0.3) is 10.2 Å². The van der Waals surface area contributed by atoms with Crippen molar-refractivity contribution in [3.8, 4) is 5.75 Å². The molecule has 2 aromatic heterocycles. The van der Waals surface area contributed by atoms with Crippen LogP contribution in [0.2, 0.25) is 0 Å². The Bertz CT molecular complexity index is 1060. The maximum Gasteiger partial charge on any atom is 0.278 e. The van der Waals surface area contributed by atoms with E-state index in [1.54, 1.807) is 4.68 Å². The minimum Gasteiger partial charge on any atom is -0.494 e. The van der Waals surface area contributed by atoms with E-state index >= 15 is 0 Å². The van der Waals surface area contributed by atoms with Crippen LogP contribution in [0.15, 0.2) is 24.3 Å². The number of benzene rings is 1. The van der Waals surface area contributed by atoms with Gasteiger partial charge in [-0.3, -0.25) is 19.3 Å². The molecule has 4 rings (SSSR count). The number of nitrogens with zero attached hydrogens (tertiary/aromatic N) is 5. The Morgan fingerprint density at radius 3 is 2.81 bits per heavy atom. The van der Waals surface area contributed by atoms with Gasteiger partial charge in [-0.25, -0.2) is 4.98 Å². The molecule has 9 heteroatoms. The molecule has 0 unspecified atom stereocenters. The summed E-state index contributed by atoms with van der Waals surface area (Å²) in [5.74, 6) is 0.763. The number of carbonyl (C=O) groups excluding carboxylic acids is 1. The van der Waals surface area contributed by atoms with Crippen molar-refractivity contribution < 1.29 is 14.3 Å². The second-order valence-corrected chi connectivity index (χ2v) is 8.82. The normalized spacial score (nSPS) is 14.7. The molecule has 0 spiro atoms. The van der Waals surface area contributed by atoms with Crippen molar-refractivity contribution >= 4 is 32.6 Å². The summed E-state index contributed by atoms with van der Waals surface area (Å²) in [6.07, 6.45) is 0.866. The third kappa shape index (κ3) is 5.11. The summed E-state index contributed by atoms with van der Waals surface area (Å²) in [5, 5.41) is 5.18. The van der Waals surface area contributed by atoms with Crippen LogP contribution in [0.5, 0.6) is 5.75 Å². The van der Waals surface area contributed by atoms with Crippen molar-refractivity contribution in [2.45, 2.75) is 33.7 Å². The van der Waals surface area contributed by atoms with Crippen molar-refractivity contribution in [1.82, 2.24) is 19.7 Å². The average Bonchev–Trinajstić information content (AvgIpc) is 3.40. The van der Waals surface area contributed by atoms with E-state index in [0.717, 1.165) is 60.9 Å². The Hall–Kier alpha value is -2.49. The molecule has 1 aliphatic heterocycles. The minimum atomic E-state index is -0.0569. The van der Waals surface area contributed by atoms with E-state index in [9.17, 15) is 4.79 Å². The van der Waals surface area contributed by atoms with Gasteiger partial charge in [-0.1, -0.05) is 11.3 Å². The summed E-state index contributed by atoms with van der Waals surface area (Å²) in [7, 11) is 0. The zero-order valence-corrected chi connectivity index (χ0v) is 19.9. The standard InChI is InChI=1S/C23H31N5O3S/c1-4-28-20(15-17(3)25-28)22(29)27(10-6-9-26-11-13-30-14-12-26)23-24-19-8-7-18(31-5-2)16-21(19)32-23/h7-8,15-16H,4-6,9-14H2,1-3H3. The summed E-state index contributed by atoms with van der Waals surface area (Å²) in [6, 6.07) is 7.74. The second-order valence-electron chi connectivity index (χ2n) is 7.81. The lowest BCUT2D eigenvalue weighted by Crippen LogP contribution is -2.39. The number of amides is 1. The van der Waals surface area contributed by atoms with Gasteiger partial charge in [0.2, 0.25) is 0 Å². The zero-order chi connectivity index (χ0) is 22.5. The Morgan fingerprint density at radius 2 is 2.06 bits per heavy atom. The summed E-state index contributed by atoms with van der Waals surface area (Å²) < 4.78 is 13.9. The fourth-order valence-corrected chi connectivity index (χ4v) is 4.94. The quantitative estimate of drug-likeness (QED) is 0.489. The maximum absolute atomic E-state index is 13.6. The molecular weight excluding hydrogens is 426 g/mol. The molecule has 0 bridgehead atoms. The van der Waals surface area contributed by atoms with Gasteiger partial charge in [-0.05, 0) is 51.5 Å². The topological polar surface area (TPSA) is 72.7 Å². The number of ether oxygens (including phenoxy) is 2. The molecule has 8 nitrogen and oxygen atoms in total. The molecule has 0 aliphatic carbocycles. The highest BCUT2D eigenvalue weighted by molar-refractivity contribution is 7.22. The molecule has 1 amide bonds. The first-order valence-electron chi connectivity index (χ1n) is 11.3. The summed E-state index contributed by atoms with van der Waals surface area (Å²) in [5.41, 5.74) is 2.32. The summed E-state index contributed by atoms with van der Waals surface area (Å²) in [6.45, 7) is 12.1. The monoisotopic (exact) mass is 457 g/mol. The molecule has 3 heterocycles. The van der Waals surface area contributed by atoms with E-state index < -0.39 is 0 Å². The lowest BCUT2D eigenvalue weighted by molar-refractivity contribution is 0.0376. The SMILES string of the molecule is CCOc1ccc2nc(N(CCCN3CCOCC3)C(=O)c3cc(C)nn3CC)sc2c1. The molecule has 1 aromatic carbocycles. The molecule has 0 radical (unpaired) electrons. The number of morpholine rings is 1. The Kier molecular flexibility index (Phi) is 7.39. The lowest BCUT2D eigenvalue weighted by Gasteiger charge is -2.27. The first kappa shape index (κ1) is 22.7. The van der Waals surface area contributed by atoms with Crippen molar-refractivity contribution in [2.75, 3.05) is 50.9 Å². The van der Waals surface area contributed by atoms with Crippen LogP contribution in [-0.2, 0) is 11.3 Å². The molecule has 32 heavy (non-hydrogen) atoms. The number of anilines is 1. The third-order valence-electron chi connectivity index (χ3n) is 5.52. The van der Waals surface area contributed by atoms with E-state index in [1.165, 1.54) is 11.3 Å². The molecule has 1 aliphatic rings. The number of thiazole rings is 1. The predicted molar refractivity (Wildman–Crippen MR) is 127 cm³/mol. The molecule has 0 N–H and O–H groups in total. The Labute approximate surface area is 192 Å². The fraction of sp³-hybridized carbons (Fsp3) is 0.522. The lowest BCUT2D eigenvalue weighted by atomic mass is 10.3. The highest BCUT2D eigenvalue weighted by Crippen LogP contribution is 2.32. The van der Waals surface area contributed by atoms with Gasteiger partial charge in [0.25, 0.3) is 5.91 Å².